The third-order valence-electron chi connectivity index (χ3n) is 5.53. The van der Waals surface area contributed by atoms with Gasteiger partial charge in [0.2, 0.25) is 17.7 Å². The standard InChI is InChI=1S/C18H17N3O6/c1-27-13-5-4-11(21(25)26)7-12(13)19-14(22)8-20-17(23)15-9-2-3-10(6-9)16(15)18(20)24/h2-5,7,9-10,15-16H,6,8H2,1H3,(H,19,22)/t9-,10-,15+,16+/m1/s1. The number of anilines is 1. The molecule has 2 bridgehead atoms. The Morgan fingerprint density at radius 2 is 1.89 bits per heavy atom. The van der Waals surface area contributed by atoms with Crippen molar-refractivity contribution in [2.24, 2.45) is 23.7 Å². The van der Waals surface area contributed by atoms with Gasteiger partial charge in [0, 0.05) is 12.1 Å². The highest BCUT2D eigenvalue weighted by molar-refractivity contribution is 6.09. The van der Waals surface area contributed by atoms with E-state index >= 15 is 0 Å². The number of nitrogens with one attached hydrogen (secondary N) is 1. The number of nitro benzene ring substituents is 1. The summed E-state index contributed by atoms with van der Waals surface area (Å²) in [6.45, 7) is -0.421. The molecule has 9 nitrogen and oxygen atoms in total. The molecular weight excluding hydrogens is 354 g/mol. The van der Waals surface area contributed by atoms with Crippen LogP contribution in [-0.2, 0) is 14.4 Å². The maximum absolute atomic E-state index is 12.6. The minimum atomic E-state index is -0.615. The second-order valence-corrected chi connectivity index (χ2v) is 6.95. The van der Waals surface area contributed by atoms with Gasteiger partial charge < -0.3 is 10.1 Å². The SMILES string of the molecule is COc1ccc([N+](=O)[O-])cc1NC(=O)CN1C(=O)[C@@H]2[C@@H](C1=O)[C@@H]1C=C[C@@H]2C1. The van der Waals surface area contributed by atoms with E-state index in [9.17, 15) is 24.5 Å². The number of carbonyl (C=O) groups is 3. The van der Waals surface area contributed by atoms with Crippen molar-refractivity contribution in [3.8, 4) is 5.75 Å². The number of rotatable bonds is 5. The highest BCUT2D eigenvalue weighted by Gasteiger charge is 2.59. The van der Waals surface area contributed by atoms with E-state index < -0.39 is 17.4 Å². The van der Waals surface area contributed by atoms with Crippen LogP contribution in [0.3, 0.4) is 0 Å². The molecule has 0 radical (unpaired) electrons. The maximum atomic E-state index is 12.6. The maximum Gasteiger partial charge on any atom is 0.271 e. The lowest BCUT2D eigenvalue weighted by atomic mass is 9.85. The van der Waals surface area contributed by atoms with E-state index in [4.69, 9.17) is 4.74 Å². The molecule has 1 saturated carbocycles. The summed E-state index contributed by atoms with van der Waals surface area (Å²) in [6.07, 6.45) is 4.78. The highest BCUT2D eigenvalue weighted by Crippen LogP contribution is 2.52. The van der Waals surface area contributed by atoms with Crippen LogP contribution in [0.15, 0.2) is 30.4 Å². The second kappa shape index (κ2) is 6.19. The predicted molar refractivity (Wildman–Crippen MR) is 92.7 cm³/mol. The number of hydrogen-bond acceptors (Lipinski definition) is 6. The number of hydrogen-bond donors (Lipinski definition) is 1. The zero-order valence-electron chi connectivity index (χ0n) is 14.5. The van der Waals surface area contributed by atoms with E-state index in [-0.39, 0.29) is 52.6 Å². The summed E-state index contributed by atoms with van der Waals surface area (Å²) in [5.74, 6) is -1.60. The Hall–Kier alpha value is -3.23. The average Bonchev–Trinajstić information content (AvgIpc) is 3.31. The molecule has 4 atom stereocenters. The van der Waals surface area contributed by atoms with Crippen LogP contribution >= 0.6 is 0 Å². The molecule has 1 aliphatic heterocycles. The van der Waals surface area contributed by atoms with Gasteiger partial charge in [0.25, 0.3) is 5.69 Å². The number of fused-ring (bicyclic) bond motifs is 5. The minimum Gasteiger partial charge on any atom is -0.495 e. The lowest BCUT2D eigenvalue weighted by Crippen LogP contribution is -2.39. The smallest absolute Gasteiger partial charge is 0.271 e. The van der Waals surface area contributed by atoms with Crippen LogP contribution in [0.4, 0.5) is 11.4 Å². The van der Waals surface area contributed by atoms with Crippen LogP contribution in [0.25, 0.3) is 0 Å². The molecule has 0 spiro atoms. The normalized spacial score (nSPS) is 27.8. The van der Waals surface area contributed by atoms with E-state index in [0.717, 1.165) is 11.3 Å². The Morgan fingerprint density at radius 3 is 2.44 bits per heavy atom. The van der Waals surface area contributed by atoms with Crippen molar-refractivity contribution in [1.82, 2.24) is 4.90 Å². The Labute approximate surface area is 154 Å². The van der Waals surface area contributed by atoms with E-state index in [0.29, 0.717) is 0 Å². The molecule has 2 fully saturated rings. The quantitative estimate of drug-likeness (QED) is 0.361. The molecule has 0 aromatic heterocycles. The monoisotopic (exact) mass is 371 g/mol. The molecule has 4 rings (SSSR count). The molecule has 27 heavy (non-hydrogen) atoms. The number of carbonyl (C=O) groups excluding carboxylic acids is 3. The zero-order chi connectivity index (χ0) is 19.3. The number of imide groups is 1. The van der Waals surface area contributed by atoms with Crippen molar-refractivity contribution in [3.63, 3.8) is 0 Å². The summed E-state index contributed by atoms with van der Waals surface area (Å²) in [7, 11) is 1.37. The molecule has 1 N–H and O–H groups in total. The number of non-ortho nitro benzene ring substituents is 1. The van der Waals surface area contributed by atoms with Crippen molar-refractivity contribution >= 4 is 29.1 Å². The molecule has 9 heteroatoms. The first-order chi connectivity index (χ1) is 12.9. The number of benzene rings is 1. The lowest BCUT2D eigenvalue weighted by Gasteiger charge is -2.17. The topological polar surface area (TPSA) is 119 Å². The molecular formula is C18H17N3O6. The molecule has 3 aliphatic rings. The molecule has 1 aromatic rings. The summed E-state index contributed by atoms with van der Waals surface area (Å²) in [5, 5.41) is 13.4. The van der Waals surface area contributed by atoms with Crippen molar-refractivity contribution < 1.29 is 24.0 Å². The molecule has 3 amide bonds. The van der Waals surface area contributed by atoms with E-state index in [2.05, 4.69) is 5.32 Å². The summed E-state index contributed by atoms with van der Waals surface area (Å²) in [4.78, 5) is 49.0. The van der Waals surface area contributed by atoms with Crippen LogP contribution in [0, 0.1) is 33.8 Å². The van der Waals surface area contributed by atoms with Gasteiger partial charge in [-0.05, 0) is 24.3 Å². The van der Waals surface area contributed by atoms with Gasteiger partial charge in [0.15, 0.2) is 0 Å². The van der Waals surface area contributed by atoms with Crippen LogP contribution in [0.2, 0.25) is 0 Å². The fourth-order valence-electron chi connectivity index (χ4n) is 4.36. The van der Waals surface area contributed by atoms with Crippen LogP contribution < -0.4 is 10.1 Å². The molecule has 1 aromatic carbocycles. The molecule has 140 valence electrons. The van der Waals surface area contributed by atoms with Crippen molar-refractivity contribution in [1.29, 1.82) is 0 Å². The molecule has 1 saturated heterocycles. The molecule has 0 unspecified atom stereocenters. The van der Waals surface area contributed by atoms with Crippen LogP contribution in [0.1, 0.15) is 6.42 Å². The van der Waals surface area contributed by atoms with Gasteiger partial charge in [-0.3, -0.25) is 29.4 Å². The third-order valence-corrected chi connectivity index (χ3v) is 5.53. The van der Waals surface area contributed by atoms with Crippen LogP contribution in [-0.4, -0.2) is 41.2 Å². The largest absolute Gasteiger partial charge is 0.495 e. The number of ether oxygens (including phenoxy) is 1. The zero-order valence-corrected chi connectivity index (χ0v) is 14.5. The van der Waals surface area contributed by atoms with Gasteiger partial charge in [-0.2, -0.15) is 0 Å². The minimum absolute atomic E-state index is 0.0707. The summed E-state index contributed by atoms with van der Waals surface area (Å²) < 4.78 is 5.10. The Balaban J connectivity index is 1.49. The van der Waals surface area contributed by atoms with Gasteiger partial charge in [-0.1, -0.05) is 12.2 Å². The van der Waals surface area contributed by atoms with Gasteiger partial charge in [0.05, 0.1) is 29.6 Å². The Bertz CT molecular complexity index is 865. The second-order valence-electron chi connectivity index (χ2n) is 6.95. The first-order valence-electron chi connectivity index (χ1n) is 8.56. The fourth-order valence-corrected chi connectivity index (χ4v) is 4.36. The first kappa shape index (κ1) is 17.2. The van der Waals surface area contributed by atoms with Gasteiger partial charge in [0.1, 0.15) is 12.3 Å². The third kappa shape index (κ3) is 2.66. The summed E-state index contributed by atoms with van der Waals surface area (Å²) >= 11 is 0. The van der Waals surface area contributed by atoms with Crippen molar-refractivity contribution in [2.45, 2.75) is 6.42 Å². The van der Waals surface area contributed by atoms with E-state index in [1.807, 2.05) is 12.2 Å². The van der Waals surface area contributed by atoms with Crippen molar-refractivity contribution in [2.75, 3.05) is 19.0 Å². The summed E-state index contributed by atoms with van der Waals surface area (Å²) in [6, 6.07) is 3.79. The number of likely N-dealkylation sites (tertiary alicyclic amines) is 1. The lowest BCUT2D eigenvalue weighted by molar-refractivity contribution is -0.384. The predicted octanol–water partition coefficient (Wildman–Crippen LogP) is 1.35. The number of nitro groups is 1. The summed E-state index contributed by atoms with van der Waals surface area (Å²) in [5.41, 5.74) is -0.102. The van der Waals surface area contributed by atoms with Gasteiger partial charge in [-0.25, -0.2) is 0 Å². The number of nitrogens with zero attached hydrogens (tertiary/aromatic N) is 2. The molecule has 2 aliphatic carbocycles. The first-order valence-corrected chi connectivity index (χ1v) is 8.56. The Kier molecular flexibility index (Phi) is 3.94. The molecule has 1 heterocycles. The number of amides is 3. The van der Waals surface area contributed by atoms with Gasteiger partial charge in [-0.15, -0.1) is 0 Å². The highest BCUT2D eigenvalue weighted by atomic mass is 16.6. The van der Waals surface area contributed by atoms with Gasteiger partial charge >= 0.3 is 0 Å². The fraction of sp³-hybridized carbons (Fsp3) is 0.389. The van der Waals surface area contributed by atoms with E-state index in [1.54, 1.807) is 0 Å². The number of allylic oxidation sites excluding steroid dienone is 2. The van der Waals surface area contributed by atoms with Crippen molar-refractivity contribution in [3.05, 3.63) is 40.5 Å². The average molecular weight is 371 g/mol. The Morgan fingerprint density at radius 1 is 1.26 bits per heavy atom. The van der Waals surface area contributed by atoms with E-state index in [1.165, 1.54) is 25.3 Å². The number of methoxy groups -OCH3 is 1. The van der Waals surface area contributed by atoms with Crippen LogP contribution in [0.5, 0.6) is 5.75 Å².